The van der Waals surface area contributed by atoms with Gasteiger partial charge in [0.05, 0.1) is 0 Å². The van der Waals surface area contributed by atoms with E-state index < -0.39 is 29.4 Å². The number of nitrogens with one attached hydrogen (secondary N) is 1. The highest BCUT2D eigenvalue weighted by atomic mass is 19.1. The fraction of sp³-hybridized carbons (Fsp3) is 0.211. The van der Waals surface area contributed by atoms with Crippen LogP contribution in [0.25, 0.3) is 11.1 Å². The van der Waals surface area contributed by atoms with E-state index in [0.29, 0.717) is 13.1 Å². The molecule has 7 nitrogen and oxygen atoms in total. The molecule has 2 amide bonds. The number of guanidine groups is 1. The van der Waals surface area contributed by atoms with Gasteiger partial charge < -0.3 is 21.7 Å². The Morgan fingerprint density at radius 1 is 1.07 bits per heavy atom. The number of nitrogens with two attached hydrogens (primary N) is 2. The van der Waals surface area contributed by atoms with Crippen molar-refractivity contribution in [3.63, 3.8) is 0 Å². The molecule has 9 heteroatoms. The number of carbonyl (C=O) groups is 2. The number of hydrogen-bond donors (Lipinski definition) is 3. The van der Waals surface area contributed by atoms with Crippen LogP contribution in [0.3, 0.4) is 0 Å². The Morgan fingerprint density at radius 2 is 1.75 bits per heavy atom. The molecular weight excluding hydrogens is 368 g/mol. The molecule has 0 atom stereocenters. The molecule has 2 aromatic rings. The molecule has 0 saturated carbocycles. The van der Waals surface area contributed by atoms with Crippen LogP contribution in [-0.4, -0.2) is 49.9 Å². The Kier molecular flexibility index (Phi) is 6.78. The molecule has 0 aliphatic carbocycles. The summed E-state index contributed by atoms with van der Waals surface area (Å²) in [5.41, 5.74) is 10.6. The van der Waals surface area contributed by atoms with E-state index in [1.165, 1.54) is 18.2 Å². The van der Waals surface area contributed by atoms with Crippen LogP contribution in [0, 0.1) is 11.6 Å². The van der Waals surface area contributed by atoms with Gasteiger partial charge in [-0.1, -0.05) is 0 Å². The maximum Gasteiger partial charge on any atom is 0.280 e. The molecular formula is C19H21F2N5O2. The van der Waals surface area contributed by atoms with Crippen molar-refractivity contribution < 1.29 is 18.4 Å². The van der Waals surface area contributed by atoms with Crippen molar-refractivity contribution in [2.24, 2.45) is 16.5 Å². The summed E-state index contributed by atoms with van der Waals surface area (Å²) in [4.78, 5) is 30.0. The van der Waals surface area contributed by atoms with E-state index in [1.54, 1.807) is 0 Å². The standard InChI is InChI=1S/C19H21F2N5O2/c1-26(2)6-5-24-17(27)12-7-11(15-10-14(20)3-4-16(15)21)8-13(9-12)18(28)25-19(22)23/h3-4,7-10H,5-6H2,1-2H3,(H,24,27)(H4,22,23,25,28). The fourth-order valence-corrected chi connectivity index (χ4v) is 2.43. The summed E-state index contributed by atoms with van der Waals surface area (Å²) in [7, 11) is 3.71. The average Bonchev–Trinajstić information content (AvgIpc) is 2.62. The maximum absolute atomic E-state index is 14.2. The molecule has 28 heavy (non-hydrogen) atoms. The first kappa shape index (κ1) is 21.0. The molecule has 0 heterocycles. The lowest BCUT2D eigenvalue weighted by Gasteiger charge is -2.12. The number of benzene rings is 2. The summed E-state index contributed by atoms with van der Waals surface area (Å²) in [5, 5.41) is 2.70. The molecule has 0 spiro atoms. The quantitative estimate of drug-likeness (QED) is 0.510. The first-order valence-corrected chi connectivity index (χ1v) is 8.35. The summed E-state index contributed by atoms with van der Waals surface area (Å²) >= 11 is 0. The number of halogens is 2. The SMILES string of the molecule is CN(C)CCNC(=O)c1cc(C(=O)N=C(N)N)cc(-c2cc(F)ccc2F)c1. The van der Waals surface area contributed by atoms with E-state index in [0.717, 1.165) is 18.2 Å². The van der Waals surface area contributed by atoms with Crippen molar-refractivity contribution in [2.45, 2.75) is 0 Å². The van der Waals surface area contributed by atoms with Gasteiger partial charge in [-0.25, -0.2) is 8.78 Å². The normalized spacial score (nSPS) is 10.6. The van der Waals surface area contributed by atoms with Crippen molar-refractivity contribution in [1.29, 1.82) is 0 Å². The number of carbonyl (C=O) groups excluding carboxylic acids is 2. The van der Waals surface area contributed by atoms with Crippen LogP contribution in [0.4, 0.5) is 8.78 Å². The lowest BCUT2D eigenvalue weighted by Crippen LogP contribution is -2.31. The first-order chi connectivity index (χ1) is 13.2. The lowest BCUT2D eigenvalue weighted by atomic mass is 9.98. The monoisotopic (exact) mass is 389 g/mol. The van der Waals surface area contributed by atoms with Crippen LogP contribution in [0.15, 0.2) is 41.4 Å². The molecule has 0 radical (unpaired) electrons. The van der Waals surface area contributed by atoms with Gasteiger partial charge in [0.1, 0.15) is 11.6 Å². The summed E-state index contributed by atoms with van der Waals surface area (Å²) in [6.45, 7) is 0.964. The number of nitrogens with zero attached hydrogens (tertiary/aromatic N) is 2. The van der Waals surface area contributed by atoms with Crippen LogP contribution in [0.5, 0.6) is 0 Å². The molecule has 2 aromatic carbocycles. The fourth-order valence-electron chi connectivity index (χ4n) is 2.43. The number of rotatable bonds is 6. The van der Waals surface area contributed by atoms with Gasteiger partial charge in [0.15, 0.2) is 5.96 Å². The van der Waals surface area contributed by atoms with Crippen LogP contribution in [0.2, 0.25) is 0 Å². The molecule has 0 unspecified atom stereocenters. The highest BCUT2D eigenvalue weighted by Crippen LogP contribution is 2.26. The molecule has 0 fully saturated rings. The molecule has 148 valence electrons. The van der Waals surface area contributed by atoms with E-state index in [1.807, 2.05) is 19.0 Å². The highest BCUT2D eigenvalue weighted by molar-refractivity contribution is 6.05. The lowest BCUT2D eigenvalue weighted by molar-refractivity contribution is 0.0951. The maximum atomic E-state index is 14.2. The Balaban J connectivity index is 2.50. The van der Waals surface area contributed by atoms with Gasteiger partial charge in [-0.3, -0.25) is 9.59 Å². The van der Waals surface area contributed by atoms with Crippen molar-refractivity contribution in [3.8, 4) is 11.1 Å². The average molecular weight is 389 g/mol. The second-order valence-corrected chi connectivity index (χ2v) is 6.32. The number of hydrogen-bond acceptors (Lipinski definition) is 3. The Hall–Kier alpha value is -3.33. The summed E-state index contributed by atoms with van der Waals surface area (Å²) in [6.07, 6.45) is 0. The molecule has 2 rings (SSSR count). The van der Waals surface area contributed by atoms with Crippen molar-refractivity contribution >= 4 is 17.8 Å². The summed E-state index contributed by atoms with van der Waals surface area (Å²) in [5.74, 6) is -3.09. The molecule has 0 bridgehead atoms. The molecule has 5 N–H and O–H groups in total. The number of aliphatic imine (C=N–C) groups is 1. The first-order valence-electron chi connectivity index (χ1n) is 8.35. The van der Waals surface area contributed by atoms with Crippen molar-refractivity contribution in [3.05, 3.63) is 59.2 Å². The zero-order valence-corrected chi connectivity index (χ0v) is 15.5. The minimum atomic E-state index is -0.805. The van der Waals surface area contributed by atoms with Gasteiger partial charge in [-0.05, 0) is 56.1 Å². The van der Waals surface area contributed by atoms with Crippen LogP contribution < -0.4 is 16.8 Å². The summed E-state index contributed by atoms with van der Waals surface area (Å²) < 4.78 is 27.8. The molecule has 0 saturated heterocycles. The zero-order chi connectivity index (χ0) is 20.8. The number of likely N-dealkylation sites (N-methyl/N-ethyl adjacent to an activating group) is 1. The number of amides is 2. The van der Waals surface area contributed by atoms with Crippen LogP contribution >= 0.6 is 0 Å². The van der Waals surface area contributed by atoms with E-state index in [-0.39, 0.29) is 22.3 Å². The Labute approximate surface area is 161 Å². The summed E-state index contributed by atoms with van der Waals surface area (Å²) in [6, 6.07) is 6.88. The Bertz CT molecular complexity index is 925. The second-order valence-electron chi connectivity index (χ2n) is 6.32. The third-order valence-corrected chi connectivity index (χ3v) is 3.76. The van der Waals surface area contributed by atoms with Crippen molar-refractivity contribution in [1.82, 2.24) is 10.2 Å². The second kappa shape index (κ2) is 9.05. The molecule has 0 aromatic heterocycles. The predicted octanol–water partition coefficient (Wildman–Crippen LogP) is 1.34. The van der Waals surface area contributed by atoms with Crippen LogP contribution in [-0.2, 0) is 0 Å². The van der Waals surface area contributed by atoms with Gasteiger partial charge in [-0.2, -0.15) is 4.99 Å². The van der Waals surface area contributed by atoms with E-state index in [4.69, 9.17) is 11.5 Å². The minimum Gasteiger partial charge on any atom is -0.370 e. The van der Waals surface area contributed by atoms with E-state index in [2.05, 4.69) is 10.3 Å². The minimum absolute atomic E-state index is 0.0349. The van der Waals surface area contributed by atoms with E-state index >= 15 is 0 Å². The zero-order valence-electron chi connectivity index (χ0n) is 15.5. The van der Waals surface area contributed by atoms with Gasteiger partial charge in [0.2, 0.25) is 0 Å². The van der Waals surface area contributed by atoms with Gasteiger partial charge >= 0.3 is 0 Å². The van der Waals surface area contributed by atoms with Gasteiger partial charge in [0.25, 0.3) is 11.8 Å². The topological polar surface area (TPSA) is 114 Å². The third-order valence-electron chi connectivity index (χ3n) is 3.76. The molecule has 0 aliphatic rings. The highest BCUT2D eigenvalue weighted by Gasteiger charge is 2.16. The third kappa shape index (κ3) is 5.58. The van der Waals surface area contributed by atoms with Crippen LogP contribution in [0.1, 0.15) is 20.7 Å². The molecule has 0 aliphatic heterocycles. The van der Waals surface area contributed by atoms with Gasteiger partial charge in [-0.15, -0.1) is 0 Å². The van der Waals surface area contributed by atoms with Gasteiger partial charge in [0, 0.05) is 29.8 Å². The van der Waals surface area contributed by atoms with Crippen molar-refractivity contribution in [2.75, 3.05) is 27.2 Å². The largest absolute Gasteiger partial charge is 0.370 e. The van der Waals surface area contributed by atoms with E-state index in [9.17, 15) is 18.4 Å². The Morgan fingerprint density at radius 3 is 2.39 bits per heavy atom. The predicted molar refractivity (Wildman–Crippen MR) is 103 cm³/mol. The smallest absolute Gasteiger partial charge is 0.280 e.